The van der Waals surface area contributed by atoms with Crippen LogP contribution in [0.25, 0.3) is 0 Å². The lowest BCUT2D eigenvalue weighted by molar-refractivity contribution is -0.135. The van der Waals surface area contributed by atoms with Gasteiger partial charge in [0.1, 0.15) is 0 Å². The van der Waals surface area contributed by atoms with Crippen LogP contribution >= 0.6 is 0 Å². The van der Waals surface area contributed by atoms with Crippen LogP contribution in [0.15, 0.2) is 24.5 Å². The third-order valence-electron chi connectivity index (χ3n) is 5.04. The summed E-state index contributed by atoms with van der Waals surface area (Å²) in [4.78, 5) is 18.7. The molecular weight excluding hydrogens is 250 g/mol. The van der Waals surface area contributed by atoms with Gasteiger partial charge in [-0.15, -0.1) is 0 Å². The van der Waals surface area contributed by atoms with E-state index >= 15 is 0 Å². The van der Waals surface area contributed by atoms with Gasteiger partial charge in [0.25, 0.3) is 0 Å². The fourth-order valence-corrected chi connectivity index (χ4v) is 3.78. The second kappa shape index (κ2) is 5.17. The summed E-state index contributed by atoms with van der Waals surface area (Å²) in [5.74, 6) is 1.53. The fourth-order valence-electron chi connectivity index (χ4n) is 3.78. The first-order valence-electron chi connectivity index (χ1n) is 7.49. The van der Waals surface area contributed by atoms with E-state index in [9.17, 15) is 4.79 Å². The smallest absolute Gasteiger partial charge is 0.223 e. The van der Waals surface area contributed by atoms with Crippen LogP contribution in [0.1, 0.15) is 25.8 Å². The standard InChI is InChI=1S/C16H23N3O/c1-16(2)14-10-18-9-13(14)11-19(16)15(20)4-3-12-5-7-17-8-6-12/h5-8,13-14,18H,3-4,9-11H2,1-2H3. The van der Waals surface area contributed by atoms with Crippen molar-refractivity contribution in [2.75, 3.05) is 19.6 Å². The lowest BCUT2D eigenvalue weighted by Crippen LogP contribution is -2.47. The van der Waals surface area contributed by atoms with Crippen LogP contribution in [0.4, 0.5) is 0 Å². The van der Waals surface area contributed by atoms with Crippen LogP contribution < -0.4 is 5.32 Å². The highest BCUT2D eigenvalue weighted by Crippen LogP contribution is 2.40. The van der Waals surface area contributed by atoms with E-state index in [4.69, 9.17) is 0 Å². The maximum absolute atomic E-state index is 12.6. The number of carbonyl (C=O) groups is 1. The van der Waals surface area contributed by atoms with Gasteiger partial charge in [-0.3, -0.25) is 9.78 Å². The maximum atomic E-state index is 12.6. The summed E-state index contributed by atoms with van der Waals surface area (Å²) >= 11 is 0. The summed E-state index contributed by atoms with van der Waals surface area (Å²) in [5.41, 5.74) is 1.18. The number of aryl methyl sites for hydroxylation is 1. The highest BCUT2D eigenvalue weighted by Gasteiger charge is 2.50. The largest absolute Gasteiger partial charge is 0.337 e. The van der Waals surface area contributed by atoms with E-state index in [0.717, 1.165) is 26.1 Å². The molecule has 2 unspecified atom stereocenters. The van der Waals surface area contributed by atoms with Crippen LogP contribution in [-0.4, -0.2) is 41.0 Å². The molecule has 0 bridgehead atoms. The van der Waals surface area contributed by atoms with Crippen molar-refractivity contribution in [1.29, 1.82) is 0 Å². The first kappa shape index (κ1) is 13.6. The van der Waals surface area contributed by atoms with E-state index in [-0.39, 0.29) is 5.54 Å². The second-order valence-electron chi connectivity index (χ2n) is 6.54. The number of aromatic nitrogens is 1. The SMILES string of the molecule is CC1(C)C2CNCC2CN1C(=O)CCc1ccncc1. The molecule has 2 atom stereocenters. The van der Waals surface area contributed by atoms with Gasteiger partial charge in [-0.25, -0.2) is 0 Å². The lowest BCUT2D eigenvalue weighted by atomic mass is 9.85. The van der Waals surface area contributed by atoms with Crippen LogP contribution in [0, 0.1) is 11.8 Å². The monoisotopic (exact) mass is 273 g/mol. The van der Waals surface area contributed by atoms with E-state index < -0.39 is 0 Å². The summed E-state index contributed by atoms with van der Waals surface area (Å²) in [7, 11) is 0. The van der Waals surface area contributed by atoms with Crippen molar-refractivity contribution in [2.24, 2.45) is 11.8 Å². The van der Waals surface area contributed by atoms with Gasteiger partial charge in [-0.2, -0.15) is 0 Å². The lowest BCUT2D eigenvalue weighted by Gasteiger charge is -2.35. The molecule has 1 N–H and O–H groups in total. The zero-order valence-electron chi connectivity index (χ0n) is 12.3. The van der Waals surface area contributed by atoms with Gasteiger partial charge in [0.2, 0.25) is 5.91 Å². The van der Waals surface area contributed by atoms with Crippen LogP contribution in [-0.2, 0) is 11.2 Å². The zero-order chi connectivity index (χ0) is 14.2. The average molecular weight is 273 g/mol. The Morgan fingerprint density at radius 3 is 2.85 bits per heavy atom. The van der Waals surface area contributed by atoms with Crippen molar-refractivity contribution in [3.05, 3.63) is 30.1 Å². The third-order valence-corrected chi connectivity index (χ3v) is 5.04. The first-order chi connectivity index (χ1) is 9.59. The molecule has 0 aromatic carbocycles. The summed E-state index contributed by atoms with van der Waals surface area (Å²) in [5, 5.41) is 3.45. The Morgan fingerprint density at radius 1 is 1.40 bits per heavy atom. The number of carbonyl (C=O) groups excluding carboxylic acids is 1. The minimum absolute atomic E-state index is 0.0104. The molecule has 2 saturated heterocycles. The molecule has 2 aliphatic heterocycles. The zero-order valence-corrected chi connectivity index (χ0v) is 12.3. The van der Waals surface area contributed by atoms with E-state index in [0.29, 0.717) is 24.2 Å². The molecule has 108 valence electrons. The molecular formula is C16H23N3O. The molecule has 20 heavy (non-hydrogen) atoms. The van der Waals surface area contributed by atoms with Gasteiger partial charge in [-0.1, -0.05) is 0 Å². The number of hydrogen-bond donors (Lipinski definition) is 1. The summed E-state index contributed by atoms with van der Waals surface area (Å²) in [6.07, 6.45) is 4.98. The minimum Gasteiger partial charge on any atom is -0.337 e. The summed E-state index contributed by atoms with van der Waals surface area (Å²) < 4.78 is 0. The van der Waals surface area contributed by atoms with Gasteiger partial charge in [0.05, 0.1) is 0 Å². The van der Waals surface area contributed by atoms with Crippen molar-refractivity contribution in [2.45, 2.75) is 32.2 Å². The van der Waals surface area contributed by atoms with E-state index in [1.807, 2.05) is 12.1 Å². The molecule has 2 aliphatic rings. The van der Waals surface area contributed by atoms with Gasteiger partial charge >= 0.3 is 0 Å². The van der Waals surface area contributed by atoms with Gasteiger partial charge in [0, 0.05) is 44.0 Å². The molecule has 1 amide bonds. The van der Waals surface area contributed by atoms with Crippen LogP contribution in [0.3, 0.4) is 0 Å². The highest BCUT2D eigenvalue weighted by atomic mass is 16.2. The number of hydrogen-bond acceptors (Lipinski definition) is 3. The molecule has 0 saturated carbocycles. The molecule has 3 heterocycles. The maximum Gasteiger partial charge on any atom is 0.223 e. The van der Waals surface area contributed by atoms with E-state index in [2.05, 4.69) is 29.0 Å². The van der Waals surface area contributed by atoms with Crippen LogP contribution in [0.5, 0.6) is 0 Å². The average Bonchev–Trinajstić information content (AvgIpc) is 3.00. The van der Waals surface area contributed by atoms with Crippen molar-refractivity contribution >= 4 is 5.91 Å². The van der Waals surface area contributed by atoms with Crippen LogP contribution in [0.2, 0.25) is 0 Å². The number of rotatable bonds is 3. The minimum atomic E-state index is -0.0104. The third kappa shape index (κ3) is 2.33. The molecule has 0 aliphatic carbocycles. The number of fused-ring (bicyclic) bond motifs is 1. The molecule has 0 radical (unpaired) electrons. The van der Waals surface area contributed by atoms with E-state index in [1.54, 1.807) is 12.4 Å². The Kier molecular flexibility index (Phi) is 3.50. The Labute approximate surface area is 120 Å². The molecule has 4 heteroatoms. The predicted molar refractivity (Wildman–Crippen MR) is 78.2 cm³/mol. The number of pyridine rings is 1. The quantitative estimate of drug-likeness (QED) is 0.907. The van der Waals surface area contributed by atoms with E-state index in [1.165, 1.54) is 5.56 Å². The molecule has 0 spiro atoms. The van der Waals surface area contributed by atoms with Crippen molar-refractivity contribution in [3.63, 3.8) is 0 Å². The Balaban J connectivity index is 1.63. The molecule has 4 nitrogen and oxygen atoms in total. The Morgan fingerprint density at radius 2 is 2.15 bits per heavy atom. The van der Waals surface area contributed by atoms with Gasteiger partial charge in [0.15, 0.2) is 0 Å². The van der Waals surface area contributed by atoms with Gasteiger partial charge in [-0.05, 0) is 49.8 Å². The van der Waals surface area contributed by atoms with Crippen molar-refractivity contribution < 1.29 is 4.79 Å². The number of nitrogens with zero attached hydrogens (tertiary/aromatic N) is 2. The number of likely N-dealkylation sites (tertiary alicyclic amines) is 1. The fraction of sp³-hybridized carbons (Fsp3) is 0.625. The summed E-state index contributed by atoms with van der Waals surface area (Å²) in [6, 6.07) is 3.97. The van der Waals surface area contributed by atoms with Crippen molar-refractivity contribution in [3.8, 4) is 0 Å². The normalized spacial score (nSPS) is 27.6. The molecule has 3 rings (SSSR count). The Hall–Kier alpha value is -1.42. The first-order valence-corrected chi connectivity index (χ1v) is 7.49. The predicted octanol–water partition coefficient (Wildman–Crippen LogP) is 1.47. The highest BCUT2D eigenvalue weighted by molar-refractivity contribution is 5.77. The topological polar surface area (TPSA) is 45.2 Å². The molecule has 1 aromatic rings. The number of nitrogens with one attached hydrogen (secondary N) is 1. The number of amides is 1. The Bertz CT molecular complexity index is 486. The van der Waals surface area contributed by atoms with Crippen molar-refractivity contribution in [1.82, 2.24) is 15.2 Å². The summed E-state index contributed by atoms with van der Waals surface area (Å²) in [6.45, 7) is 7.46. The second-order valence-corrected chi connectivity index (χ2v) is 6.54. The molecule has 2 fully saturated rings. The van der Waals surface area contributed by atoms with Gasteiger partial charge < -0.3 is 10.2 Å². The molecule has 1 aromatic heterocycles.